The van der Waals surface area contributed by atoms with Crippen molar-refractivity contribution in [2.45, 2.75) is 72.6 Å². The molecule has 2 rings (SSSR count). The smallest absolute Gasteiger partial charge is 0.343 e. The molecule has 0 aliphatic carbocycles. The second-order valence-electron chi connectivity index (χ2n) is 8.07. The van der Waals surface area contributed by atoms with Gasteiger partial charge in [-0.05, 0) is 89.3 Å². The molecule has 1 aliphatic rings. The van der Waals surface area contributed by atoms with E-state index < -0.39 is 5.97 Å². The van der Waals surface area contributed by atoms with E-state index in [1.165, 1.54) is 16.7 Å². The van der Waals surface area contributed by atoms with Crippen LogP contribution in [0.1, 0.15) is 71.8 Å². The van der Waals surface area contributed by atoms with Crippen molar-refractivity contribution < 1.29 is 19.1 Å². The highest BCUT2D eigenvalue weighted by Crippen LogP contribution is 2.26. The lowest BCUT2D eigenvalue weighted by Gasteiger charge is -2.08. The maximum atomic E-state index is 11.4. The van der Waals surface area contributed by atoms with Gasteiger partial charge in [0.1, 0.15) is 0 Å². The Labute approximate surface area is 174 Å². The van der Waals surface area contributed by atoms with Gasteiger partial charge in [-0.25, -0.2) is 4.79 Å². The van der Waals surface area contributed by atoms with E-state index in [4.69, 9.17) is 9.15 Å². The number of allylic oxidation sites excluding steroid dienone is 5. The van der Waals surface area contributed by atoms with Crippen LogP contribution >= 0.6 is 0 Å². The summed E-state index contributed by atoms with van der Waals surface area (Å²) in [6.45, 7) is 8.05. The molecule has 0 fully saturated rings. The maximum Gasteiger partial charge on any atom is 0.343 e. The van der Waals surface area contributed by atoms with E-state index in [9.17, 15) is 9.90 Å². The highest BCUT2D eigenvalue weighted by Gasteiger charge is 2.26. The summed E-state index contributed by atoms with van der Waals surface area (Å²) in [6.07, 6.45) is 17.4. The van der Waals surface area contributed by atoms with E-state index >= 15 is 0 Å². The molecule has 0 amide bonds. The maximum absolute atomic E-state index is 11.4. The van der Waals surface area contributed by atoms with Gasteiger partial charge in [-0.1, -0.05) is 30.2 Å². The van der Waals surface area contributed by atoms with Gasteiger partial charge in [-0.3, -0.25) is 0 Å². The van der Waals surface area contributed by atoms with Crippen molar-refractivity contribution in [1.29, 1.82) is 0 Å². The van der Waals surface area contributed by atoms with Crippen molar-refractivity contribution in [1.82, 2.24) is 0 Å². The van der Waals surface area contributed by atoms with Gasteiger partial charge in [0.2, 0.25) is 0 Å². The number of furan rings is 1. The molecule has 0 unspecified atom stereocenters. The molecule has 4 heteroatoms. The van der Waals surface area contributed by atoms with Crippen LogP contribution in [0.15, 0.2) is 69.5 Å². The number of ether oxygens (including phenoxy) is 1. The van der Waals surface area contributed by atoms with E-state index in [1.54, 1.807) is 13.2 Å². The van der Waals surface area contributed by atoms with E-state index in [2.05, 4.69) is 32.9 Å². The number of esters is 1. The predicted octanol–water partition coefficient (Wildman–Crippen LogP) is 6.96. The summed E-state index contributed by atoms with van der Waals surface area (Å²) in [4.78, 5) is 11.4. The molecule has 0 bridgehead atoms. The molecule has 1 aromatic heterocycles. The van der Waals surface area contributed by atoms with E-state index in [-0.39, 0.29) is 17.3 Å². The third-order valence-corrected chi connectivity index (χ3v) is 5.30. The molecule has 4 nitrogen and oxygen atoms in total. The van der Waals surface area contributed by atoms with Crippen LogP contribution in [0.5, 0.6) is 0 Å². The van der Waals surface area contributed by atoms with Crippen LogP contribution in [0.4, 0.5) is 0 Å². The zero-order valence-corrected chi connectivity index (χ0v) is 18.2. The molecule has 2 heterocycles. The summed E-state index contributed by atoms with van der Waals surface area (Å²) in [5.74, 6) is 0.0815. The summed E-state index contributed by atoms with van der Waals surface area (Å²) in [7, 11) is 0. The van der Waals surface area contributed by atoms with Crippen molar-refractivity contribution in [3.8, 4) is 0 Å². The van der Waals surface area contributed by atoms with Gasteiger partial charge in [0.05, 0.1) is 18.1 Å². The van der Waals surface area contributed by atoms with E-state index in [0.29, 0.717) is 5.76 Å². The van der Waals surface area contributed by atoms with Gasteiger partial charge >= 0.3 is 5.97 Å². The zero-order chi connectivity index (χ0) is 21.2. The van der Waals surface area contributed by atoms with Crippen molar-refractivity contribution in [3.63, 3.8) is 0 Å². The van der Waals surface area contributed by atoms with Crippen LogP contribution in [0.25, 0.3) is 0 Å². The SMILES string of the molecule is CC(=CCCc1ccoc1)CCC=C(C)CCC[C@@H](C)C=C1OC(=O)C(C)=C1O. The van der Waals surface area contributed by atoms with Gasteiger partial charge in [-0.2, -0.15) is 0 Å². The lowest BCUT2D eigenvalue weighted by atomic mass is 9.99. The molecular weight excluding hydrogens is 364 g/mol. The zero-order valence-electron chi connectivity index (χ0n) is 18.2. The second kappa shape index (κ2) is 11.5. The lowest BCUT2D eigenvalue weighted by molar-refractivity contribution is -0.133. The molecule has 0 spiro atoms. The number of rotatable bonds is 11. The Morgan fingerprint density at radius 2 is 1.90 bits per heavy atom. The minimum Gasteiger partial charge on any atom is -0.504 e. The first-order valence-electron chi connectivity index (χ1n) is 10.5. The molecule has 1 atom stereocenters. The topological polar surface area (TPSA) is 59.7 Å². The first-order chi connectivity index (χ1) is 13.9. The molecule has 1 aliphatic heterocycles. The van der Waals surface area contributed by atoms with Gasteiger partial charge in [-0.15, -0.1) is 0 Å². The minimum absolute atomic E-state index is 0.0221. The average molecular weight is 399 g/mol. The summed E-state index contributed by atoms with van der Waals surface area (Å²) < 4.78 is 10.2. The second-order valence-corrected chi connectivity index (χ2v) is 8.07. The molecule has 1 aromatic rings. The van der Waals surface area contributed by atoms with Gasteiger partial charge in [0.15, 0.2) is 11.5 Å². The van der Waals surface area contributed by atoms with Crippen molar-refractivity contribution in [3.05, 3.63) is 70.6 Å². The van der Waals surface area contributed by atoms with Crippen molar-refractivity contribution in [2.75, 3.05) is 0 Å². The summed E-state index contributed by atoms with van der Waals surface area (Å²) in [5, 5.41) is 9.88. The summed E-state index contributed by atoms with van der Waals surface area (Å²) in [5.41, 5.74) is 4.39. The average Bonchev–Trinajstić information content (AvgIpc) is 3.27. The fraction of sp³-hybridized carbons (Fsp3) is 0.480. The van der Waals surface area contributed by atoms with Crippen LogP contribution < -0.4 is 0 Å². The van der Waals surface area contributed by atoms with Gasteiger partial charge in [0, 0.05) is 0 Å². The monoisotopic (exact) mass is 398 g/mol. The van der Waals surface area contributed by atoms with Crippen LogP contribution in [0.2, 0.25) is 0 Å². The number of hydrogen-bond donors (Lipinski definition) is 1. The van der Waals surface area contributed by atoms with E-state index in [1.807, 2.05) is 18.4 Å². The standard InChI is InChI=1S/C25H34O4/c1-18(8-5-9-19(2)11-7-13-22-14-15-28-17-22)10-6-12-20(3)16-23-24(26)21(4)25(27)29-23/h8,11,14-17,20,26H,5-7,9-10,12-13H2,1-4H3/t20-/m1/s1. The Bertz CT molecular complexity index is 791. The fourth-order valence-corrected chi connectivity index (χ4v) is 3.33. The minimum atomic E-state index is -0.453. The molecule has 29 heavy (non-hydrogen) atoms. The fourth-order valence-electron chi connectivity index (χ4n) is 3.33. The largest absolute Gasteiger partial charge is 0.504 e. The summed E-state index contributed by atoms with van der Waals surface area (Å²) >= 11 is 0. The third kappa shape index (κ3) is 7.80. The molecular formula is C25H34O4. The summed E-state index contributed by atoms with van der Waals surface area (Å²) in [6, 6.07) is 2.02. The van der Waals surface area contributed by atoms with Crippen LogP contribution in [-0.4, -0.2) is 11.1 Å². The van der Waals surface area contributed by atoms with Crippen LogP contribution in [0.3, 0.4) is 0 Å². The van der Waals surface area contributed by atoms with Gasteiger partial charge < -0.3 is 14.3 Å². The molecule has 0 saturated heterocycles. The lowest BCUT2D eigenvalue weighted by Crippen LogP contribution is -1.97. The van der Waals surface area contributed by atoms with Crippen molar-refractivity contribution in [2.24, 2.45) is 5.92 Å². The Kier molecular flexibility index (Phi) is 9.04. The number of hydrogen-bond acceptors (Lipinski definition) is 4. The Morgan fingerprint density at radius 3 is 2.55 bits per heavy atom. The van der Waals surface area contributed by atoms with Gasteiger partial charge in [0.25, 0.3) is 0 Å². The van der Waals surface area contributed by atoms with Crippen LogP contribution in [0, 0.1) is 5.92 Å². The third-order valence-electron chi connectivity index (χ3n) is 5.30. The van der Waals surface area contributed by atoms with Crippen molar-refractivity contribution >= 4 is 5.97 Å². The highest BCUT2D eigenvalue weighted by molar-refractivity contribution is 5.93. The number of carbonyl (C=O) groups is 1. The molecule has 0 saturated carbocycles. The Hall–Kier alpha value is -2.49. The Balaban J connectivity index is 1.63. The number of aryl methyl sites for hydroxylation is 1. The first-order valence-corrected chi connectivity index (χ1v) is 10.5. The quantitative estimate of drug-likeness (QED) is 0.323. The number of cyclic esters (lactones) is 1. The number of aliphatic hydroxyl groups excluding tert-OH is 1. The molecule has 0 radical (unpaired) electrons. The molecule has 158 valence electrons. The molecule has 0 aromatic carbocycles. The molecule has 1 N–H and O–H groups in total. The number of aliphatic hydroxyl groups is 1. The highest BCUT2D eigenvalue weighted by atomic mass is 16.6. The first kappa shape index (κ1) is 22.8. The van der Waals surface area contributed by atoms with E-state index in [0.717, 1.165) is 44.9 Å². The Morgan fingerprint density at radius 1 is 1.17 bits per heavy atom. The predicted molar refractivity (Wildman–Crippen MR) is 116 cm³/mol. The normalized spacial score (nSPS) is 17.9. The van der Waals surface area contributed by atoms with Crippen LogP contribution in [-0.2, 0) is 16.0 Å². The number of carbonyl (C=O) groups excluding carboxylic acids is 1.